The topological polar surface area (TPSA) is 46.5 Å². The van der Waals surface area contributed by atoms with E-state index in [-0.39, 0.29) is 23.7 Å². The van der Waals surface area contributed by atoms with Crippen LogP contribution in [0.3, 0.4) is 0 Å². The predicted octanol–water partition coefficient (Wildman–Crippen LogP) is 7.90. The molecule has 9 atom stereocenters. The van der Waals surface area contributed by atoms with Crippen LogP contribution in [0.5, 0.6) is 0 Å². The van der Waals surface area contributed by atoms with Gasteiger partial charge in [-0.15, -0.1) is 0 Å². The van der Waals surface area contributed by atoms with E-state index < -0.39 is 5.97 Å². The normalized spacial score (nSPS) is 39.7. The van der Waals surface area contributed by atoms with Crippen molar-refractivity contribution in [2.45, 2.75) is 105 Å². The van der Waals surface area contributed by atoms with E-state index in [1.54, 1.807) is 0 Å². The van der Waals surface area contributed by atoms with Crippen LogP contribution >= 0.6 is 0 Å². The van der Waals surface area contributed by atoms with E-state index in [4.69, 9.17) is 4.74 Å². The van der Waals surface area contributed by atoms with Gasteiger partial charge >= 0.3 is 5.97 Å². The fraction of sp³-hybridized carbons (Fsp3) is 0.788. The minimum absolute atomic E-state index is 0.0770. The van der Waals surface area contributed by atoms with Crippen molar-refractivity contribution in [2.24, 2.45) is 52.3 Å². The molecular weight excluding hydrogens is 444 g/mol. The van der Waals surface area contributed by atoms with Crippen LogP contribution in [0.15, 0.2) is 36.0 Å². The Bertz CT molecular complexity index is 883. The van der Waals surface area contributed by atoms with Gasteiger partial charge in [-0.1, -0.05) is 71.9 Å². The van der Waals surface area contributed by atoms with Crippen LogP contribution in [-0.2, 0) is 9.53 Å². The van der Waals surface area contributed by atoms with Crippen molar-refractivity contribution in [1.29, 1.82) is 0 Å². The molecule has 0 aliphatic heterocycles. The second-order valence-electron chi connectivity index (χ2n) is 13.6. The third-order valence-electron chi connectivity index (χ3n) is 11.5. The lowest BCUT2D eigenvalue weighted by atomic mass is 9.47. The number of ether oxygens (including phenoxy) is 1. The maximum absolute atomic E-state index is 12.2. The average molecular weight is 497 g/mol. The highest BCUT2D eigenvalue weighted by molar-refractivity contribution is 5.88. The number of aliphatic hydroxyl groups is 1. The summed E-state index contributed by atoms with van der Waals surface area (Å²) in [5, 5.41) is 9.21. The zero-order chi connectivity index (χ0) is 26.3. The van der Waals surface area contributed by atoms with Gasteiger partial charge in [0.1, 0.15) is 6.10 Å². The standard InChI is InChI=1S/C33H52O3/c1-8-24(21(2)3)10-9-22(4)28-13-14-29-27-12-11-25-19-26(36-31(35)23(5)20-34)15-17-32(25,6)30(27)16-18-33(28,29)7/h9-11,21-22,24,26-30,34H,5,8,12-20H2,1-4,6-7H3/b10-9+/t22-,24-,26+,27+,28-,29+,30+,32+,33-/m1/s1. The third kappa shape index (κ3) is 4.91. The number of rotatable bonds is 8. The molecule has 0 aromatic carbocycles. The monoisotopic (exact) mass is 496 g/mol. The van der Waals surface area contributed by atoms with Crippen molar-refractivity contribution in [3.8, 4) is 0 Å². The molecule has 0 spiro atoms. The Balaban J connectivity index is 1.46. The summed E-state index contributed by atoms with van der Waals surface area (Å²) in [6.07, 6.45) is 18.4. The first-order valence-corrected chi connectivity index (χ1v) is 14.9. The van der Waals surface area contributed by atoms with Crippen molar-refractivity contribution >= 4 is 5.97 Å². The summed E-state index contributed by atoms with van der Waals surface area (Å²) in [7, 11) is 0. The number of hydrogen-bond donors (Lipinski definition) is 1. The average Bonchev–Trinajstić information content (AvgIpc) is 3.21. The number of allylic oxidation sites excluding steroid dienone is 3. The molecule has 3 fully saturated rings. The first kappa shape index (κ1) is 27.7. The lowest BCUT2D eigenvalue weighted by Gasteiger charge is -2.58. The predicted molar refractivity (Wildman–Crippen MR) is 148 cm³/mol. The van der Waals surface area contributed by atoms with Crippen molar-refractivity contribution < 1.29 is 14.6 Å². The van der Waals surface area contributed by atoms with Crippen LogP contribution in [0.4, 0.5) is 0 Å². The molecular formula is C33H52O3. The summed E-state index contributed by atoms with van der Waals surface area (Å²) in [6.45, 7) is 18.0. The van der Waals surface area contributed by atoms with Crippen LogP contribution in [0.2, 0.25) is 0 Å². The van der Waals surface area contributed by atoms with E-state index in [0.717, 1.165) is 48.9 Å². The molecule has 0 aromatic rings. The molecule has 0 amide bonds. The minimum atomic E-state index is -0.437. The second kappa shape index (κ2) is 10.8. The van der Waals surface area contributed by atoms with Crippen molar-refractivity contribution in [3.05, 3.63) is 36.0 Å². The Labute approximate surface area is 220 Å². The van der Waals surface area contributed by atoms with E-state index in [1.165, 1.54) is 44.1 Å². The Morgan fingerprint density at radius 2 is 1.89 bits per heavy atom. The van der Waals surface area contributed by atoms with Gasteiger partial charge < -0.3 is 9.84 Å². The quantitative estimate of drug-likeness (QED) is 0.211. The van der Waals surface area contributed by atoms with Gasteiger partial charge in [-0.3, -0.25) is 0 Å². The fourth-order valence-electron chi connectivity index (χ4n) is 9.21. The van der Waals surface area contributed by atoms with Gasteiger partial charge in [-0.2, -0.15) is 0 Å². The molecule has 0 unspecified atom stereocenters. The van der Waals surface area contributed by atoms with E-state index >= 15 is 0 Å². The number of esters is 1. The van der Waals surface area contributed by atoms with Gasteiger partial charge in [-0.05, 0) is 104 Å². The fourth-order valence-corrected chi connectivity index (χ4v) is 9.21. The minimum Gasteiger partial charge on any atom is -0.459 e. The number of carbonyl (C=O) groups excluding carboxylic acids is 1. The van der Waals surface area contributed by atoms with Gasteiger partial charge in [0.2, 0.25) is 0 Å². The van der Waals surface area contributed by atoms with Crippen LogP contribution in [0.1, 0.15) is 99.3 Å². The molecule has 36 heavy (non-hydrogen) atoms. The summed E-state index contributed by atoms with van der Waals surface area (Å²) in [4.78, 5) is 12.2. The molecule has 3 saturated carbocycles. The van der Waals surface area contributed by atoms with Crippen LogP contribution in [0.25, 0.3) is 0 Å². The molecule has 0 heterocycles. The Kier molecular flexibility index (Phi) is 8.30. The zero-order valence-corrected chi connectivity index (χ0v) is 23.9. The number of carbonyl (C=O) groups is 1. The number of aliphatic hydroxyl groups excluding tert-OH is 1. The second-order valence-corrected chi connectivity index (χ2v) is 13.6. The van der Waals surface area contributed by atoms with Gasteiger partial charge in [0.25, 0.3) is 0 Å². The van der Waals surface area contributed by atoms with E-state index in [1.807, 2.05) is 0 Å². The first-order chi connectivity index (χ1) is 17.0. The summed E-state index contributed by atoms with van der Waals surface area (Å²) in [5.74, 6) is 4.84. The Hall–Kier alpha value is -1.35. The van der Waals surface area contributed by atoms with Gasteiger partial charge in [0.15, 0.2) is 0 Å². The molecule has 4 rings (SSSR count). The summed E-state index contributed by atoms with van der Waals surface area (Å²) in [6, 6.07) is 0. The number of fused-ring (bicyclic) bond motifs is 5. The molecule has 1 N–H and O–H groups in total. The van der Waals surface area contributed by atoms with Crippen LogP contribution in [-0.4, -0.2) is 23.8 Å². The van der Waals surface area contributed by atoms with Crippen molar-refractivity contribution in [2.75, 3.05) is 6.61 Å². The highest BCUT2D eigenvalue weighted by Crippen LogP contribution is 2.67. The molecule has 0 bridgehead atoms. The zero-order valence-electron chi connectivity index (χ0n) is 23.9. The summed E-state index contributed by atoms with van der Waals surface area (Å²) in [5.41, 5.74) is 2.39. The SMILES string of the molecule is C=C(CO)C(=O)O[C@H]1CC[C@@]2(C)C(=CC[C@H]3[C@@H]4CC[C@H]([C@H](C)/C=C/[C@@H](CC)C(C)C)[C@@]4(C)CC[C@@H]32)C1. The molecule has 202 valence electrons. The highest BCUT2D eigenvalue weighted by atomic mass is 16.5. The Morgan fingerprint density at radius 3 is 2.56 bits per heavy atom. The lowest BCUT2D eigenvalue weighted by molar-refractivity contribution is -0.147. The summed E-state index contributed by atoms with van der Waals surface area (Å²) < 4.78 is 5.72. The summed E-state index contributed by atoms with van der Waals surface area (Å²) >= 11 is 0. The first-order valence-electron chi connectivity index (χ1n) is 14.9. The molecule has 3 nitrogen and oxygen atoms in total. The largest absolute Gasteiger partial charge is 0.459 e. The van der Waals surface area contributed by atoms with Crippen molar-refractivity contribution in [3.63, 3.8) is 0 Å². The van der Waals surface area contributed by atoms with E-state index in [9.17, 15) is 9.90 Å². The highest BCUT2D eigenvalue weighted by Gasteiger charge is 2.59. The molecule has 3 heteroatoms. The van der Waals surface area contributed by atoms with Gasteiger partial charge in [-0.25, -0.2) is 4.79 Å². The number of hydrogen-bond acceptors (Lipinski definition) is 3. The van der Waals surface area contributed by atoms with Gasteiger partial charge in [0, 0.05) is 6.42 Å². The van der Waals surface area contributed by atoms with Crippen LogP contribution in [0, 0.1) is 52.3 Å². The maximum Gasteiger partial charge on any atom is 0.336 e. The van der Waals surface area contributed by atoms with E-state index in [2.05, 4.69) is 66.3 Å². The Morgan fingerprint density at radius 1 is 1.14 bits per heavy atom. The van der Waals surface area contributed by atoms with Crippen molar-refractivity contribution in [1.82, 2.24) is 0 Å². The molecule has 0 saturated heterocycles. The molecule has 4 aliphatic carbocycles. The van der Waals surface area contributed by atoms with Crippen LogP contribution < -0.4 is 0 Å². The maximum atomic E-state index is 12.2. The smallest absolute Gasteiger partial charge is 0.336 e. The van der Waals surface area contributed by atoms with Gasteiger partial charge in [0.05, 0.1) is 12.2 Å². The molecule has 4 aliphatic rings. The third-order valence-corrected chi connectivity index (χ3v) is 11.5. The molecule has 0 aromatic heterocycles. The molecule has 0 radical (unpaired) electrons. The van der Waals surface area contributed by atoms with E-state index in [0.29, 0.717) is 17.3 Å². The lowest BCUT2D eigenvalue weighted by Crippen LogP contribution is -2.51.